The van der Waals surface area contributed by atoms with Crippen LogP contribution in [-0.4, -0.2) is 18.9 Å². The van der Waals surface area contributed by atoms with Crippen LogP contribution in [-0.2, 0) is 0 Å². The fourth-order valence-electron chi connectivity index (χ4n) is 2.87. The lowest BCUT2D eigenvalue weighted by molar-refractivity contribution is 0.103. The van der Waals surface area contributed by atoms with E-state index < -0.39 is 0 Å². The molecule has 0 amide bonds. The van der Waals surface area contributed by atoms with Gasteiger partial charge in [-0.2, -0.15) is 0 Å². The highest BCUT2D eigenvalue weighted by molar-refractivity contribution is 6.09. The van der Waals surface area contributed by atoms with Gasteiger partial charge in [-0.3, -0.25) is 4.79 Å². The van der Waals surface area contributed by atoms with Crippen LogP contribution >= 0.6 is 0 Å². The Morgan fingerprint density at radius 3 is 2.33 bits per heavy atom. The number of ketones is 1. The van der Waals surface area contributed by atoms with Gasteiger partial charge in [0.05, 0.1) is 0 Å². The number of nitrogens with zero attached hydrogens (tertiary/aromatic N) is 1. The van der Waals surface area contributed by atoms with E-state index in [9.17, 15) is 4.79 Å². The second-order valence-electron chi connectivity index (χ2n) is 5.87. The zero-order valence-electron chi connectivity index (χ0n) is 12.7. The molecule has 0 N–H and O–H groups in total. The molecule has 0 saturated carbocycles. The minimum absolute atomic E-state index is 0.110. The predicted molar refractivity (Wildman–Crippen MR) is 87.2 cm³/mol. The Morgan fingerprint density at radius 1 is 0.905 bits per heavy atom. The molecule has 0 spiro atoms. The average molecular weight is 279 g/mol. The molecule has 3 rings (SSSR count). The van der Waals surface area contributed by atoms with E-state index in [-0.39, 0.29) is 5.78 Å². The SMILES string of the molecule is Cc1ccc(C(=O)c2cccc(N3CCCC3)c2)cc1C. The van der Waals surface area contributed by atoms with E-state index in [4.69, 9.17) is 0 Å². The number of carbonyl (C=O) groups is 1. The molecule has 0 unspecified atom stereocenters. The van der Waals surface area contributed by atoms with Crippen molar-refractivity contribution in [3.8, 4) is 0 Å². The maximum atomic E-state index is 12.7. The number of aryl methyl sites for hydroxylation is 2. The van der Waals surface area contributed by atoms with Gasteiger partial charge in [-0.25, -0.2) is 0 Å². The zero-order valence-corrected chi connectivity index (χ0v) is 12.7. The molecule has 1 aliphatic heterocycles. The first-order chi connectivity index (χ1) is 10.1. The third-order valence-electron chi connectivity index (χ3n) is 4.35. The van der Waals surface area contributed by atoms with Crippen molar-refractivity contribution in [2.75, 3.05) is 18.0 Å². The lowest BCUT2D eigenvalue weighted by Gasteiger charge is -2.18. The maximum absolute atomic E-state index is 12.7. The van der Waals surface area contributed by atoms with Crippen molar-refractivity contribution >= 4 is 11.5 Å². The Labute approximate surface area is 126 Å². The van der Waals surface area contributed by atoms with Gasteiger partial charge in [-0.1, -0.05) is 24.3 Å². The normalized spacial score (nSPS) is 14.5. The fourth-order valence-corrected chi connectivity index (χ4v) is 2.87. The summed E-state index contributed by atoms with van der Waals surface area (Å²) in [4.78, 5) is 15.0. The third kappa shape index (κ3) is 2.85. The highest BCUT2D eigenvalue weighted by Crippen LogP contribution is 2.23. The van der Waals surface area contributed by atoms with Gasteiger partial charge in [-0.15, -0.1) is 0 Å². The maximum Gasteiger partial charge on any atom is 0.193 e. The summed E-state index contributed by atoms with van der Waals surface area (Å²) in [5, 5.41) is 0. The molecule has 1 heterocycles. The topological polar surface area (TPSA) is 20.3 Å². The predicted octanol–water partition coefficient (Wildman–Crippen LogP) is 4.13. The van der Waals surface area contributed by atoms with E-state index in [2.05, 4.69) is 17.9 Å². The largest absolute Gasteiger partial charge is 0.372 e. The lowest BCUT2D eigenvalue weighted by Crippen LogP contribution is -2.18. The molecule has 0 bridgehead atoms. The van der Waals surface area contributed by atoms with Gasteiger partial charge >= 0.3 is 0 Å². The Kier molecular flexibility index (Phi) is 3.78. The second kappa shape index (κ2) is 5.72. The standard InChI is InChI=1S/C19H21NO/c1-14-8-9-17(12-15(14)2)19(21)16-6-5-7-18(13-16)20-10-3-4-11-20/h5-9,12-13H,3-4,10-11H2,1-2H3. The van der Waals surface area contributed by atoms with Gasteiger partial charge in [0.25, 0.3) is 0 Å². The highest BCUT2D eigenvalue weighted by Gasteiger charge is 2.15. The van der Waals surface area contributed by atoms with Crippen LogP contribution < -0.4 is 4.90 Å². The fraction of sp³-hybridized carbons (Fsp3) is 0.316. The highest BCUT2D eigenvalue weighted by atomic mass is 16.1. The van der Waals surface area contributed by atoms with Gasteiger partial charge < -0.3 is 4.90 Å². The van der Waals surface area contributed by atoms with Gasteiger partial charge in [0, 0.05) is 29.9 Å². The summed E-state index contributed by atoms with van der Waals surface area (Å²) in [6, 6.07) is 14.0. The number of anilines is 1. The number of carbonyl (C=O) groups excluding carboxylic acids is 1. The van der Waals surface area contributed by atoms with Crippen LogP contribution in [0.15, 0.2) is 42.5 Å². The number of hydrogen-bond acceptors (Lipinski definition) is 2. The molecule has 1 saturated heterocycles. The first kappa shape index (κ1) is 13.9. The van der Waals surface area contributed by atoms with Crippen LogP contribution in [0.4, 0.5) is 5.69 Å². The number of rotatable bonds is 3. The van der Waals surface area contributed by atoms with Crippen molar-refractivity contribution in [3.05, 3.63) is 64.7 Å². The van der Waals surface area contributed by atoms with E-state index in [1.165, 1.54) is 24.1 Å². The van der Waals surface area contributed by atoms with Gasteiger partial charge in [0.15, 0.2) is 5.78 Å². The molecule has 0 aromatic heterocycles. The van der Waals surface area contributed by atoms with E-state index in [1.807, 2.05) is 43.3 Å². The molecule has 0 atom stereocenters. The minimum atomic E-state index is 0.110. The third-order valence-corrected chi connectivity index (χ3v) is 4.35. The van der Waals surface area contributed by atoms with Crippen LogP contribution in [0.25, 0.3) is 0 Å². The summed E-state index contributed by atoms with van der Waals surface area (Å²) in [6.07, 6.45) is 2.49. The lowest BCUT2D eigenvalue weighted by atomic mass is 9.99. The van der Waals surface area contributed by atoms with Crippen molar-refractivity contribution in [1.29, 1.82) is 0 Å². The van der Waals surface area contributed by atoms with Crippen LogP contribution in [0.5, 0.6) is 0 Å². The van der Waals surface area contributed by atoms with Gasteiger partial charge in [0.1, 0.15) is 0 Å². The zero-order chi connectivity index (χ0) is 14.8. The molecular weight excluding hydrogens is 258 g/mol. The average Bonchev–Trinajstić information content (AvgIpc) is 3.04. The quantitative estimate of drug-likeness (QED) is 0.787. The molecule has 0 aliphatic carbocycles. The molecule has 1 fully saturated rings. The van der Waals surface area contributed by atoms with Crippen molar-refractivity contribution in [2.45, 2.75) is 26.7 Å². The van der Waals surface area contributed by atoms with E-state index in [1.54, 1.807) is 0 Å². The van der Waals surface area contributed by atoms with Gasteiger partial charge in [-0.05, 0) is 56.0 Å². The van der Waals surface area contributed by atoms with Crippen molar-refractivity contribution < 1.29 is 4.79 Å². The molecule has 1 aliphatic rings. The summed E-state index contributed by atoms with van der Waals surface area (Å²) in [5.74, 6) is 0.110. The summed E-state index contributed by atoms with van der Waals surface area (Å²) in [5.41, 5.74) is 5.11. The first-order valence-electron chi connectivity index (χ1n) is 7.62. The first-order valence-corrected chi connectivity index (χ1v) is 7.62. The molecular formula is C19H21NO. The Balaban J connectivity index is 1.90. The summed E-state index contributed by atoms with van der Waals surface area (Å²) < 4.78 is 0. The molecule has 2 heteroatoms. The molecule has 108 valence electrons. The molecule has 2 aromatic rings. The number of hydrogen-bond donors (Lipinski definition) is 0. The Bertz CT molecular complexity index is 669. The Hall–Kier alpha value is -2.09. The van der Waals surface area contributed by atoms with Crippen LogP contribution in [0.3, 0.4) is 0 Å². The van der Waals surface area contributed by atoms with Crippen molar-refractivity contribution in [1.82, 2.24) is 0 Å². The summed E-state index contributed by atoms with van der Waals surface area (Å²) in [6.45, 7) is 6.31. The van der Waals surface area contributed by atoms with Crippen molar-refractivity contribution in [3.63, 3.8) is 0 Å². The second-order valence-corrected chi connectivity index (χ2v) is 5.87. The molecule has 2 nitrogen and oxygen atoms in total. The Morgan fingerprint density at radius 2 is 1.62 bits per heavy atom. The van der Waals surface area contributed by atoms with E-state index in [0.717, 1.165) is 29.8 Å². The minimum Gasteiger partial charge on any atom is -0.372 e. The monoisotopic (exact) mass is 279 g/mol. The number of benzene rings is 2. The molecule has 0 radical (unpaired) electrons. The van der Waals surface area contributed by atoms with Crippen LogP contribution in [0, 0.1) is 13.8 Å². The van der Waals surface area contributed by atoms with Crippen LogP contribution in [0.2, 0.25) is 0 Å². The molecule has 2 aromatic carbocycles. The van der Waals surface area contributed by atoms with Crippen LogP contribution in [0.1, 0.15) is 39.9 Å². The van der Waals surface area contributed by atoms with Gasteiger partial charge in [0.2, 0.25) is 0 Å². The summed E-state index contributed by atoms with van der Waals surface area (Å²) >= 11 is 0. The smallest absolute Gasteiger partial charge is 0.193 e. The molecule has 21 heavy (non-hydrogen) atoms. The summed E-state index contributed by atoms with van der Waals surface area (Å²) in [7, 11) is 0. The van der Waals surface area contributed by atoms with E-state index in [0.29, 0.717) is 0 Å². The van der Waals surface area contributed by atoms with E-state index >= 15 is 0 Å². The van der Waals surface area contributed by atoms with Crippen molar-refractivity contribution in [2.24, 2.45) is 0 Å².